The first-order valence-electron chi connectivity index (χ1n) is 8.47. The van der Waals surface area contributed by atoms with Gasteiger partial charge in [0.25, 0.3) is 0 Å². The molecule has 0 saturated heterocycles. The van der Waals surface area contributed by atoms with Gasteiger partial charge in [0.05, 0.1) is 24.7 Å². The zero-order valence-corrected chi connectivity index (χ0v) is 16.6. The fraction of sp³-hybridized carbons (Fsp3) is 0.588. The van der Waals surface area contributed by atoms with Gasteiger partial charge in [-0.15, -0.1) is 4.33 Å². The summed E-state index contributed by atoms with van der Waals surface area (Å²) in [5, 5.41) is 4.21. The van der Waals surface area contributed by atoms with Gasteiger partial charge in [-0.1, -0.05) is 18.4 Å². The fourth-order valence-corrected chi connectivity index (χ4v) is 3.95. The lowest BCUT2D eigenvalue weighted by Gasteiger charge is -2.36. The predicted molar refractivity (Wildman–Crippen MR) is 98.4 cm³/mol. The maximum absolute atomic E-state index is 12.4. The highest BCUT2D eigenvalue weighted by atomic mass is 32.2. The summed E-state index contributed by atoms with van der Waals surface area (Å²) in [6, 6.07) is 6.40. The quantitative estimate of drug-likeness (QED) is 0.189. The van der Waals surface area contributed by atoms with Crippen LogP contribution in [0.4, 0.5) is 0 Å². The first-order valence-corrected chi connectivity index (χ1v) is 10.6. The van der Waals surface area contributed by atoms with Gasteiger partial charge in [0.1, 0.15) is 16.4 Å². The van der Waals surface area contributed by atoms with Crippen LogP contribution in [0, 0.1) is 0 Å². The molecule has 0 bridgehead atoms. The number of ether oxygens (including phenoxy) is 1. The minimum Gasteiger partial charge on any atom is -0.455 e. The summed E-state index contributed by atoms with van der Waals surface area (Å²) in [5.41, 5.74) is 0.112. The first-order chi connectivity index (χ1) is 12.6. The van der Waals surface area contributed by atoms with Crippen LogP contribution in [0.2, 0.25) is 0 Å². The topological polar surface area (TPSA) is 80.3 Å². The lowest BCUT2D eigenvalue weighted by molar-refractivity contribution is -0.447. The molecule has 0 radical (unpaired) electrons. The molecule has 1 unspecified atom stereocenters. The van der Waals surface area contributed by atoms with E-state index < -0.39 is 11.1 Å². The zero-order chi connectivity index (χ0) is 18.8. The van der Waals surface area contributed by atoms with E-state index in [1.54, 1.807) is 24.3 Å². The minimum absolute atomic E-state index is 0.0339. The SMILES string of the molecule is CCC1(OC(=O)c2ccc(OS(=O)CSOOOC)cc2)CCCCC1. The number of carbonyl (C=O) groups excluding carboxylic acids is 1. The van der Waals surface area contributed by atoms with Crippen molar-refractivity contribution in [3.05, 3.63) is 29.8 Å². The van der Waals surface area contributed by atoms with Crippen molar-refractivity contribution < 1.29 is 32.2 Å². The molecule has 1 aromatic carbocycles. The van der Waals surface area contributed by atoms with Crippen molar-refractivity contribution in [2.24, 2.45) is 0 Å². The molecule has 2 rings (SSSR count). The molecule has 0 aliphatic heterocycles. The Morgan fingerprint density at radius 3 is 2.50 bits per heavy atom. The lowest BCUT2D eigenvalue weighted by Crippen LogP contribution is -2.36. The third kappa shape index (κ3) is 6.55. The lowest BCUT2D eigenvalue weighted by atomic mass is 9.82. The smallest absolute Gasteiger partial charge is 0.338 e. The molecular formula is C17H24O7S2. The van der Waals surface area contributed by atoms with Gasteiger partial charge in [0, 0.05) is 0 Å². The van der Waals surface area contributed by atoms with Crippen LogP contribution in [0.5, 0.6) is 5.75 Å². The summed E-state index contributed by atoms with van der Waals surface area (Å²) in [5.74, 6) is 0.0538. The highest BCUT2D eigenvalue weighted by Gasteiger charge is 2.34. The van der Waals surface area contributed by atoms with Gasteiger partial charge in [-0.05, 0) is 56.4 Å². The molecule has 1 aliphatic carbocycles. The van der Waals surface area contributed by atoms with Crippen molar-refractivity contribution in [1.29, 1.82) is 0 Å². The Kier molecular flexibility index (Phi) is 8.86. The summed E-state index contributed by atoms with van der Waals surface area (Å²) in [4.78, 5) is 16.7. The van der Waals surface area contributed by atoms with E-state index >= 15 is 0 Å². The highest BCUT2D eigenvalue weighted by molar-refractivity contribution is 8.05. The molecule has 1 atom stereocenters. The molecule has 1 aliphatic rings. The Labute approximate surface area is 160 Å². The zero-order valence-electron chi connectivity index (χ0n) is 14.9. The molecule has 0 heterocycles. The van der Waals surface area contributed by atoms with Crippen LogP contribution in [-0.4, -0.2) is 28.0 Å². The van der Waals surface area contributed by atoms with Crippen molar-refractivity contribution in [2.45, 2.75) is 51.0 Å². The van der Waals surface area contributed by atoms with Crippen molar-refractivity contribution >= 4 is 29.1 Å². The summed E-state index contributed by atoms with van der Waals surface area (Å²) in [7, 11) is 1.29. The maximum Gasteiger partial charge on any atom is 0.338 e. The fourth-order valence-electron chi connectivity index (χ4n) is 2.86. The first kappa shape index (κ1) is 21.2. The van der Waals surface area contributed by atoms with E-state index in [4.69, 9.17) is 8.92 Å². The molecule has 1 aromatic rings. The van der Waals surface area contributed by atoms with Crippen LogP contribution in [0.3, 0.4) is 0 Å². The van der Waals surface area contributed by atoms with Crippen molar-refractivity contribution in [2.75, 3.05) is 12.2 Å². The second kappa shape index (κ2) is 10.9. The molecule has 1 fully saturated rings. The summed E-state index contributed by atoms with van der Waals surface area (Å²) in [6.07, 6.45) is 6.05. The third-order valence-electron chi connectivity index (χ3n) is 4.29. The molecule has 7 nitrogen and oxygen atoms in total. The molecule has 26 heavy (non-hydrogen) atoms. The minimum atomic E-state index is -1.62. The van der Waals surface area contributed by atoms with Crippen molar-refractivity contribution in [3.8, 4) is 5.75 Å². The largest absolute Gasteiger partial charge is 0.455 e. The van der Waals surface area contributed by atoms with E-state index in [9.17, 15) is 9.00 Å². The van der Waals surface area contributed by atoms with E-state index in [-0.39, 0.29) is 16.7 Å². The number of hydrogen-bond acceptors (Lipinski definition) is 8. The Bertz CT molecular complexity index is 585. The third-order valence-corrected chi connectivity index (χ3v) is 5.97. The second-order valence-electron chi connectivity index (χ2n) is 5.94. The van der Waals surface area contributed by atoms with Crippen molar-refractivity contribution in [1.82, 2.24) is 0 Å². The molecule has 9 heteroatoms. The van der Waals surface area contributed by atoms with Gasteiger partial charge in [-0.2, -0.15) is 0 Å². The summed E-state index contributed by atoms with van der Waals surface area (Å²) < 4.78 is 27.3. The average Bonchev–Trinajstić information content (AvgIpc) is 2.66. The number of carbonyl (C=O) groups is 1. The molecule has 1 saturated carbocycles. The van der Waals surface area contributed by atoms with E-state index in [2.05, 4.69) is 21.2 Å². The monoisotopic (exact) mass is 404 g/mol. The van der Waals surface area contributed by atoms with Gasteiger partial charge < -0.3 is 8.92 Å². The number of rotatable bonds is 10. The second-order valence-corrected chi connectivity index (χ2v) is 8.03. The summed E-state index contributed by atoms with van der Waals surface area (Å²) in [6.45, 7) is 2.06. The highest BCUT2D eigenvalue weighted by Crippen LogP contribution is 2.35. The van der Waals surface area contributed by atoms with Crippen LogP contribution in [0.1, 0.15) is 55.8 Å². The average molecular weight is 405 g/mol. The van der Waals surface area contributed by atoms with Crippen LogP contribution in [0.25, 0.3) is 0 Å². The van der Waals surface area contributed by atoms with Crippen LogP contribution in [0.15, 0.2) is 24.3 Å². The van der Waals surface area contributed by atoms with Crippen LogP contribution >= 0.6 is 12.0 Å². The Hall–Kier alpha value is -1.13. The Morgan fingerprint density at radius 1 is 1.19 bits per heavy atom. The van der Waals surface area contributed by atoms with E-state index in [0.29, 0.717) is 11.3 Å². The van der Waals surface area contributed by atoms with Gasteiger partial charge in [-0.3, -0.25) is 0 Å². The molecule has 146 valence electrons. The standard InChI is InChI=1S/C17H24O7S2/c1-3-17(11-5-4-6-12-17)21-16(18)14-7-9-15(10-8-14)22-26(19)13-25-24-23-20-2/h7-10H,3-6,11-13H2,1-2H3. The van der Waals surface area contributed by atoms with Crippen LogP contribution in [-0.2, 0) is 30.1 Å². The Balaban J connectivity index is 1.85. The van der Waals surface area contributed by atoms with E-state index in [1.165, 1.54) is 13.5 Å². The molecule has 0 amide bonds. The van der Waals surface area contributed by atoms with Gasteiger partial charge >= 0.3 is 5.97 Å². The van der Waals surface area contributed by atoms with Gasteiger partial charge in [0.2, 0.25) is 11.1 Å². The molecule has 0 aromatic heterocycles. The van der Waals surface area contributed by atoms with Gasteiger partial charge in [-0.25, -0.2) is 13.9 Å². The molecular weight excluding hydrogens is 380 g/mol. The maximum atomic E-state index is 12.4. The number of benzene rings is 1. The molecule has 0 N–H and O–H groups in total. The van der Waals surface area contributed by atoms with Crippen molar-refractivity contribution in [3.63, 3.8) is 0 Å². The number of hydrogen-bond donors (Lipinski definition) is 0. The number of esters is 1. The van der Waals surface area contributed by atoms with Crippen LogP contribution < -0.4 is 4.18 Å². The van der Waals surface area contributed by atoms with Gasteiger partial charge in [0.15, 0.2) is 0 Å². The van der Waals surface area contributed by atoms with E-state index in [1.807, 2.05) is 0 Å². The van der Waals surface area contributed by atoms with E-state index in [0.717, 1.165) is 44.1 Å². The molecule has 0 spiro atoms. The normalized spacial score (nSPS) is 17.5. The predicted octanol–water partition coefficient (Wildman–Crippen LogP) is 4.11. The Morgan fingerprint density at radius 2 is 1.88 bits per heavy atom. The summed E-state index contributed by atoms with van der Waals surface area (Å²) >= 11 is -0.831.